The molecule has 1 aliphatic rings. The van der Waals surface area contributed by atoms with Crippen LogP contribution in [0.4, 0.5) is 0 Å². The average Bonchev–Trinajstić information content (AvgIpc) is 3.46. The molecule has 0 unspecified atom stereocenters. The van der Waals surface area contributed by atoms with Gasteiger partial charge in [0.2, 0.25) is 0 Å². The molecule has 8 nitrogen and oxygen atoms in total. The zero-order valence-electron chi connectivity index (χ0n) is 25.0. The summed E-state index contributed by atoms with van der Waals surface area (Å²) < 4.78 is 13.3. The van der Waals surface area contributed by atoms with Gasteiger partial charge in [-0.2, -0.15) is 5.10 Å². The smallest absolute Gasteiger partial charge is 0.293 e. The van der Waals surface area contributed by atoms with Crippen molar-refractivity contribution in [2.75, 3.05) is 6.61 Å². The summed E-state index contributed by atoms with van der Waals surface area (Å²) in [6, 6.07) is 9.85. The van der Waals surface area contributed by atoms with E-state index in [0.29, 0.717) is 31.6 Å². The average molecular weight is 591 g/mol. The normalized spacial score (nSPS) is 16.9. The number of aromatic amines is 1. The fourth-order valence-corrected chi connectivity index (χ4v) is 6.37. The van der Waals surface area contributed by atoms with E-state index in [1.165, 1.54) is 0 Å². The molecule has 222 valence electrons. The number of rotatable bonds is 10. The Hall–Kier alpha value is -3.78. The second-order valence-electron chi connectivity index (χ2n) is 11.3. The summed E-state index contributed by atoms with van der Waals surface area (Å²) in [4.78, 5) is 28.5. The number of H-pyrrole nitrogens is 1. The maximum atomic E-state index is 13.9. The predicted octanol–water partition coefficient (Wildman–Crippen LogP) is 6.68. The minimum absolute atomic E-state index is 0.192. The van der Waals surface area contributed by atoms with Gasteiger partial charge in [-0.1, -0.05) is 36.2 Å². The molecular weight excluding hydrogens is 552 g/mol. The van der Waals surface area contributed by atoms with E-state index in [1.807, 2.05) is 50.7 Å². The number of carbonyl (C=O) groups is 2. The summed E-state index contributed by atoms with van der Waals surface area (Å²) in [5.74, 6) is 0.595. The molecule has 2 aromatic heterocycles. The number of nitrogens with zero attached hydrogens (tertiary/aromatic N) is 2. The lowest BCUT2D eigenvalue weighted by Gasteiger charge is -2.30. The van der Waals surface area contributed by atoms with Crippen molar-refractivity contribution >= 4 is 34.9 Å². The maximum Gasteiger partial charge on any atom is 0.293 e. The highest BCUT2D eigenvalue weighted by Gasteiger charge is 2.30. The number of hydrogen-bond acceptors (Lipinski definition) is 5. The van der Waals surface area contributed by atoms with Crippen molar-refractivity contribution in [3.05, 3.63) is 69.1 Å². The highest BCUT2D eigenvalue weighted by Crippen LogP contribution is 2.36. The van der Waals surface area contributed by atoms with Crippen LogP contribution in [0.15, 0.2) is 30.3 Å². The number of fused-ring (bicyclic) bond motifs is 1. The lowest BCUT2D eigenvalue weighted by molar-refractivity contribution is -0.136. The van der Waals surface area contributed by atoms with Gasteiger partial charge in [-0.05, 0) is 88.6 Å². The number of nitrogens with one attached hydrogen (secondary N) is 2. The van der Waals surface area contributed by atoms with Gasteiger partial charge >= 0.3 is 0 Å². The molecule has 0 radical (unpaired) electrons. The summed E-state index contributed by atoms with van der Waals surface area (Å²) in [6.45, 7) is 8.98. The number of hydrogen-bond donors (Lipinski definition) is 2. The largest absolute Gasteiger partial charge is 0.494 e. The van der Waals surface area contributed by atoms with Crippen LogP contribution in [-0.4, -0.2) is 45.9 Å². The topological polar surface area (TPSA) is 98.2 Å². The highest BCUT2D eigenvalue weighted by molar-refractivity contribution is 6.32. The highest BCUT2D eigenvalue weighted by atomic mass is 35.5. The van der Waals surface area contributed by atoms with Gasteiger partial charge in [0.1, 0.15) is 17.5 Å². The van der Waals surface area contributed by atoms with Crippen LogP contribution in [0.3, 0.4) is 0 Å². The molecule has 0 saturated heterocycles. The van der Waals surface area contributed by atoms with Crippen molar-refractivity contribution in [3.8, 4) is 16.9 Å². The molecule has 9 heteroatoms. The van der Waals surface area contributed by atoms with Gasteiger partial charge in [0, 0.05) is 34.3 Å². The van der Waals surface area contributed by atoms with Crippen LogP contribution in [0.25, 0.3) is 22.0 Å². The lowest BCUT2D eigenvalue weighted by Crippen LogP contribution is -2.46. The number of amides is 1. The summed E-state index contributed by atoms with van der Waals surface area (Å²) in [5, 5.41) is 9.56. The van der Waals surface area contributed by atoms with E-state index in [-0.39, 0.29) is 18.1 Å². The Labute approximate surface area is 251 Å². The summed E-state index contributed by atoms with van der Waals surface area (Å²) in [7, 11) is 1.94. The van der Waals surface area contributed by atoms with Crippen molar-refractivity contribution in [1.82, 2.24) is 20.1 Å². The standard InChI is InChI=1S/C33H39ClN4O4/c1-19-16-23(17-20(2)30(19)34)41-15-9-12-25-24-10-8-11-26(29-21(3)37-38(5)22(29)4)31(24)36-32(25)33(40)35-27-13-6-7-14-28(27)42-18-39/h8,10-11,16-18,27-28,36H,6-7,9,12-15H2,1-5H3,(H,35,40)/t27-,28+/m0/s1. The minimum Gasteiger partial charge on any atom is -0.494 e. The quantitative estimate of drug-likeness (QED) is 0.159. The molecule has 1 fully saturated rings. The Kier molecular flexibility index (Phi) is 8.92. The van der Waals surface area contributed by atoms with Crippen molar-refractivity contribution in [2.45, 2.75) is 78.4 Å². The SMILES string of the molecule is Cc1cc(OCCCc2c(C(=O)N[C@H]3CCCC[C@H]3OC=O)[nH]c3c(-c4c(C)nn(C)c4C)cccc23)cc(C)c1Cl. The number of carbonyl (C=O) groups excluding carboxylic acids is 2. The first-order valence-corrected chi connectivity index (χ1v) is 15.0. The number of ether oxygens (including phenoxy) is 2. The Morgan fingerprint density at radius 3 is 2.60 bits per heavy atom. The summed E-state index contributed by atoms with van der Waals surface area (Å²) >= 11 is 6.33. The van der Waals surface area contributed by atoms with Crippen LogP contribution in [0, 0.1) is 27.7 Å². The molecule has 1 aliphatic carbocycles. The van der Waals surface area contributed by atoms with E-state index in [1.54, 1.807) is 0 Å². The Morgan fingerprint density at radius 2 is 1.90 bits per heavy atom. The molecule has 1 saturated carbocycles. The molecule has 42 heavy (non-hydrogen) atoms. The van der Waals surface area contributed by atoms with E-state index in [2.05, 4.69) is 34.5 Å². The first-order valence-electron chi connectivity index (χ1n) is 14.6. The van der Waals surface area contributed by atoms with E-state index in [0.717, 1.165) is 86.6 Å². The summed E-state index contributed by atoms with van der Waals surface area (Å²) in [6.07, 6.45) is 4.51. The Bertz CT molecular complexity index is 1600. The number of aromatic nitrogens is 3. The van der Waals surface area contributed by atoms with Crippen molar-refractivity contribution in [2.24, 2.45) is 7.05 Å². The first kappa shape index (κ1) is 29.7. The number of benzene rings is 2. The molecule has 2 N–H and O–H groups in total. The molecule has 2 heterocycles. The van der Waals surface area contributed by atoms with Gasteiger partial charge in [0.15, 0.2) is 0 Å². The van der Waals surface area contributed by atoms with E-state index in [4.69, 9.17) is 21.1 Å². The van der Waals surface area contributed by atoms with Gasteiger partial charge in [0.05, 0.1) is 23.9 Å². The van der Waals surface area contributed by atoms with Gasteiger partial charge in [-0.3, -0.25) is 14.3 Å². The van der Waals surface area contributed by atoms with Crippen LogP contribution in [0.5, 0.6) is 5.75 Å². The second-order valence-corrected chi connectivity index (χ2v) is 11.7. The third kappa shape index (κ3) is 5.91. The molecular formula is C33H39ClN4O4. The van der Waals surface area contributed by atoms with Gasteiger partial charge in [0.25, 0.3) is 12.4 Å². The number of halogens is 1. The van der Waals surface area contributed by atoms with Crippen LogP contribution in [0.2, 0.25) is 5.02 Å². The van der Waals surface area contributed by atoms with Crippen LogP contribution in [-0.2, 0) is 23.0 Å². The molecule has 2 aromatic carbocycles. The number of para-hydroxylation sites is 1. The summed E-state index contributed by atoms with van der Waals surface area (Å²) in [5.41, 5.74) is 8.41. The van der Waals surface area contributed by atoms with Crippen LogP contribution < -0.4 is 10.1 Å². The molecule has 5 rings (SSSR count). The van der Waals surface area contributed by atoms with Gasteiger partial charge < -0.3 is 19.8 Å². The van der Waals surface area contributed by atoms with Gasteiger partial charge in [-0.25, -0.2) is 0 Å². The lowest BCUT2D eigenvalue weighted by atomic mass is 9.92. The second kappa shape index (κ2) is 12.6. The van der Waals surface area contributed by atoms with Crippen LogP contribution in [0.1, 0.15) is 70.7 Å². The zero-order valence-corrected chi connectivity index (χ0v) is 25.7. The van der Waals surface area contributed by atoms with Crippen molar-refractivity contribution in [1.29, 1.82) is 0 Å². The molecule has 0 bridgehead atoms. The Balaban J connectivity index is 1.47. The van der Waals surface area contributed by atoms with E-state index < -0.39 is 0 Å². The molecule has 4 aromatic rings. The zero-order chi connectivity index (χ0) is 30.0. The fraction of sp³-hybridized carbons (Fsp3) is 0.424. The molecule has 1 amide bonds. The van der Waals surface area contributed by atoms with Crippen molar-refractivity contribution in [3.63, 3.8) is 0 Å². The monoisotopic (exact) mass is 590 g/mol. The van der Waals surface area contributed by atoms with Gasteiger partial charge in [-0.15, -0.1) is 0 Å². The Morgan fingerprint density at radius 1 is 1.17 bits per heavy atom. The number of aryl methyl sites for hydroxylation is 5. The third-order valence-corrected chi connectivity index (χ3v) is 9.04. The predicted molar refractivity (Wildman–Crippen MR) is 165 cm³/mol. The first-order chi connectivity index (χ1) is 20.2. The molecule has 2 atom stereocenters. The van der Waals surface area contributed by atoms with E-state index >= 15 is 0 Å². The minimum atomic E-state index is -0.316. The molecule has 0 spiro atoms. The van der Waals surface area contributed by atoms with E-state index in [9.17, 15) is 9.59 Å². The maximum absolute atomic E-state index is 13.9. The molecule has 0 aliphatic heterocycles. The van der Waals surface area contributed by atoms with Crippen molar-refractivity contribution < 1.29 is 19.1 Å². The fourth-order valence-electron chi connectivity index (χ4n) is 6.26. The third-order valence-electron chi connectivity index (χ3n) is 8.45. The van der Waals surface area contributed by atoms with Crippen LogP contribution >= 0.6 is 11.6 Å².